The zero-order chi connectivity index (χ0) is 18.9. The van der Waals surface area contributed by atoms with E-state index in [-0.39, 0.29) is 11.4 Å². The number of oxime groups is 1. The van der Waals surface area contributed by atoms with Crippen molar-refractivity contribution in [3.63, 3.8) is 0 Å². The summed E-state index contributed by atoms with van der Waals surface area (Å²) in [6.07, 6.45) is 1.23. The van der Waals surface area contributed by atoms with Gasteiger partial charge in [0.1, 0.15) is 5.75 Å². The molecule has 0 aliphatic rings. The Morgan fingerprint density at radius 1 is 1.27 bits per heavy atom. The minimum Gasteiger partial charge on any atom is -0.435 e. The van der Waals surface area contributed by atoms with Gasteiger partial charge >= 0.3 is 6.61 Å². The number of nitro groups is 1. The van der Waals surface area contributed by atoms with Gasteiger partial charge in [-0.1, -0.05) is 17.3 Å². The van der Waals surface area contributed by atoms with Crippen LogP contribution in [-0.4, -0.2) is 30.3 Å². The molecule has 0 aliphatic carbocycles. The fraction of sp³-hybridized carbons (Fsp3) is 0.125. The standard InChI is InChI=1S/C16H13F2N3O5/c17-16(18)26-14-6-4-12(5-7-14)20-15(22)10-25-19-9-11-2-1-3-13(8-11)21(23)24/h1-9,16H,10H2,(H,20,22)/b19-9-. The Morgan fingerprint density at radius 3 is 2.65 bits per heavy atom. The molecular formula is C16H13F2N3O5. The molecule has 0 radical (unpaired) electrons. The molecule has 0 bridgehead atoms. The molecule has 1 N–H and O–H groups in total. The van der Waals surface area contributed by atoms with Crippen LogP contribution in [0.1, 0.15) is 5.56 Å². The Bertz CT molecular complexity index is 797. The van der Waals surface area contributed by atoms with Gasteiger partial charge < -0.3 is 14.9 Å². The van der Waals surface area contributed by atoms with Crippen molar-refractivity contribution in [1.82, 2.24) is 0 Å². The monoisotopic (exact) mass is 365 g/mol. The zero-order valence-electron chi connectivity index (χ0n) is 13.2. The minimum atomic E-state index is -2.92. The number of nitrogens with zero attached hydrogens (tertiary/aromatic N) is 2. The van der Waals surface area contributed by atoms with Gasteiger partial charge in [-0.3, -0.25) is 14.9 Å². The van der Waals surface area contributed by atoms with Crippen LogP contribution in [0.3, 0.4) is 0 Å². The third-order valence-electron chi connectivity index (χ3n) is 2.92. The number of alkyl halides is 2. The number of nitrogens with one attached hydrogen (secondary N) is 1. The second-order valence-electron chi connectivity index (χ2n) is 4.81. The summed E-state index contributed by atoms with van der Waals surface area (Å²) in [5.74, 6) is -0.556. The van der Waals surface area contributed by atoms with Crippen LogP contribution in [0.25, 0.3) is 0 Å². The molecule has 0 aromatic heterocycles. The first kappa shape index (κ1) is 18.8. The Balaban J connectivity index is 1.80. The van der Waals surface area contributed by atoms with Crippen molar-refractivity contribution in [3.05, 3.63) is 64.2 Å². The summed E-state index contributed by atoms with van der Waals surface area (Å²) in [5, 5.41) is 16.7. The highest BCUT2D eigenvalue weighted by Crippen LogP contribution is 2.17. The van der Waals surface area contributed by atoms with Crippen LogP contribution in [0.4, 0.5) is 20.2 Å². The van der Waals surface area contributed by atoms with Crippen LogP contribution < -0.4 is 10.1 Å². The lowest BCUT2D eigenvalue weighted by molar-refractivity contribution is -0.384. The van der Waals surface area contributed by atoms with E-state index in [1.54, 1.807) is 6.07 Å². The number of carbonyl (C=O) groups is 1. The van der Waals surface area contributed by atoms with Gasteiger partial charge in [-0.2, -0.15) is 8.78 Å². The lowest BCUT2D eigenvalue weighted by Crippen LogP contribution is -2.16. The average Bonchev–Trinajstić information content (AvgIpc) is 2.60. The molecule has 0 spiro atoms. The van der Waals surface area contributed by atoms with Crippen LogP contribution in [0.15, 0.2) is 53.7 Å². The fourth-order valence-electron chi connectivity index (χ4n) is 1.83. The van der Waals surface area contributed by atoms with E-state index in [0.29, 0.717) is 11.3 Å². The molecule has 136 valence electrons. The first-order valence-corrected chi connectivity index (χ1v) is 7.18. The van der Waals surface area contributed by atoms with E-state index < -0.39 is 24.0 Å². The number of hydrogen-bond acceptors (Lipinski definition) is 6. The van der Waals surface area contributed by atoms with E-state index in [0.717, 1.165) is 0 Å². The molecule has 26 heavy (non-hydrogen) atoms. The average molecular weight is 365 g/mol. The third-order valence-corrected chi connectivity index (χ3v) is 2.92. The summed E-state index contributed by atoms with van der Waals surface area (Å²) in [6, 6.07) is 11.1. The molecule has 0 aliphatic heterocycles. The number of nitro benzene ring substituents is 1. The normalized spacial score (nSPS) is 10.7. The molecule has 0 saturated carbocycles. The van der Waals surface area contributed by atoms with E-state index in [2.05, 4.69) is 15.2 Å². The van der Waals surface area contributed by atoms with E-state index in [4.69, 9.17) is 4.84 Å². The molecule has 8 nitrogen and oxygen atoms in total. The van der Waals surface area contributed by atoms with Crippen LogP contribution in [0.2, 0.25) is 0 Å². The van der Waals surface area contributed by atoms with Crippen LogP contribution >= 0.6 is 0 Å². The van der Waals surface area contributed by atoms with Gasteiger partial charge in [0.15, 0.2) is 6.61 Å². The van der Waals surface area contributed by atoms with Gasteiger partial charge in [0.05, 0.1) is 11.1 Å². The summed E-state index contributed by atoms with van der Waals surface area (Å²) in [4.78, 5) is 26.6. The molecule has 1 amide bonds. The van der Waals surface area contributed by atoms with E-state index >= 15 is 0 Å². The van der Waals surface area contributed by atoms with Crippen molar-refractivity contribution in [1.29, 1.82) is 0 Å². The predicted octanol–water partition coefficient (Wildman–Crippen LogP) is 3.19. The quantitative estimate of drug-likeness (QED) is 0.440. The molecule has 10 heteroatoms. The highest BCUT2D eigenvalue weighted by molar-refractivity contribution is 5.91. The van der Waals surface area contributed by atoms with Crippen molar-refractivity contribution in [2.45, 2.75) is 6.61 Å². The van der Waals surface area contributed by atoms with Crippen molar-refractivity contribution in [2.24, 2.45) is 5.16 Å². The van der Waals surface area contributed by atoms with Crippen molar-refractivity contribution < 1.29 is 28.1 Å². The Hall–Kier alpha value is -3.56. The van der Waals surface area contributed by atoms with Gasteiger partial charge in [0.25, 0.3) is 11.6 Å². The number of non-ortho nitro benzene ring substituents is 1. The van der Waals surface area contributed by atoms with Crippen molar-refractivity contribution >= 4 is 23.5 Å². The van der Waals surface area contributed by atoms with Crippen LogP contribution in [0.5, 0.6) is 5.75 Å². The summed E-state index contributed by atoms with van der Waals surface area (Å²) < 4.78 is 28.3. The smallest absolute Gasteiger partial charge is 0.387 e. The first-order valence-electron chi connectivity index (χ1n) is 7.18. The van der Waals surface area contributed by atoms with Gasteiger partial charge in [-0.05, 0) is 24.3 Å². The molecular weight excluding hydrogens is 352 g/mol. The highest BCUT2D eigenvalue weighted by Gasteiger charge is 2.06. The van der Waals surface area contributed by atoms with Gasteiger partial charge in [0.2, 0.25) is 0 Å². The molecule has 0 atom stereocenters. The third kappa shape index (κ3) is 6.15. The predicted molar refractivity (Wildman–Crippen MR) is 88.3 cm³/mol. The first-order chi connectivity index (χ1) is 12.4. The number of benzene rings is 2. The summed E-state index contributed by atoms with van der Waals surface area (Å²) >= 11 is 0. The SMILES string of the molecule is O=C(CO/N=C\c1cccc([N+](=O)[O-])c1)Nc1ccc(OC(F)F)cc1. The molecule has 0 unspecified atom stereocenters. The topological polar surface area (TPSA) is 103 Å². The zero-order valence-corrected chi connectivity index (χ0v) is 13.2. The van der Waals surface area contributed by atoms with E-state index in [1.165, 1.54) is 48.7 Å². The molecule has 2 aromatic carbocycles. The lowest BCUT2D eigenvalue weighted by atomic mass is 10.2. The van der Waals surface area contributed by atoms with Gasteiger partial charge in [0, 0.05) is 23.4 Å². The molecule has 0 fully saturated rings. The number of halogens is 2. The Morgan fingerprint density at radius 2 is 2.00 bits per heavy atom. The maximum Gasteiger partial charge on any atom is 0.387 e. The molecule has 2 aromatic rings. The summed E-state index contributed by atoms with van der Waals surface area (Å²) in [7, 11) is 0. The number of hydrogen-bond donors (Lipinski definition) is 1. The molecule has 0 heterocycles. The number of rotatable bonds is 8. The second kappa shape index (κ2) is 9.06. The fourth-order valence-corrected chi connectivity index (χ4v) is 1.83. The van der Waals surface area contributed by atoms with Crippen LogP contribution in [-0.2, 0) is 9.63 Å². The highest BCUT2D eigenvalue weighted by atomic mass is 19.3. The lowest BCUT2D eigenvalue weighted by Gasteiger charge is -2.07. The molecule has 2 rings (SSSR count). The van der Waals surface area contributed by atoms with Gasteiger partial charge in [-0.25, -0.2) is 0 Å². The second-order valence-corrected chi connectivity index (χ2v) is 4.81. The number of carbonyl (C=O) groups excluding carboxylic acids is 1. The number of anilines is 1. The van der Waals surface area contributed by atoms with Crippen molar-refractivity contribution in [2.75, 3.05) is 11.9 Å². The van der Waals surface area contributed by atoms with Crippen LogP contribution in [0, 0.1) is 10.1 Å². The Labute approximate surface area is 146 Å². The maximum absolute atomic E-state index is 12.0. The number of amides is 1. The van der Waals surface area contributed by atoms with Crippen molar-refractivity contribution in [3.8, 4) is 5.75 Å². The summed E-state index contributed by atoms with van der Waals surface area (Å²) in [6.45, 7) is -3.33. The molecule has 0 saturated heterocycles. The minimum absolute atomic E-state index is 0.0317. The largest absolute Gasteiger partial charge is 0.435 e. The number of ether oxygens (including phenoxy) is 1. The van der Waals surface area contributed by atoms with E-state index in [9.17, 15) is 23.7 Å². The van der Waals surface area contributed by atoms with Gasteiger partial charge in [-0.15, -0.1) is 0 Å². The maximum atomic E-state index is 12.0. The van der Waals surface area contributed by atoms with E-state index in [1.807, 2.05) is 0 Å². The Kier molecular flexibility index (Phi) is 6.54. The summed E-state index contributed by atoms with van der Waals surface area (Å²) in [5.41, 5.74) is 0.711.